The van der Waals surface area contributed by atoms with Gasteiger partial charge in [0.15, 0.2) is 5.78 Å². The van der Waals surface area contributed by atoms with Gasteiger partial charge in [0, 0.05) is 13.0 Å². The van der Waals surface area contributed by atoms with Crippen molar-refractivity contribution in [1.82, 2.24) is 10.6 Å². The molecule has 3 N–H and O–H groups in total. The normalized spacial score (nSPS) is 13.6. The topological polar surface area (TPSA) is 78.4 Å². The van der Waals surface area contributed by atoms with Crippen LogP contribution in [0.25, 0.3) is 0 Å². The summed E-state index contributed by atoms with van der Waals surface area (Å²) in [6, 6.07) is -0.482. The molecule has 0 aliphatic heterocycles. The Labute approximate surface area is 135 Å². The van der Waals surface area contributed by atoms with Crippen LogP contribution < -0.4 is 10.6 Å². The van der Waals surface area contributed by atoms with E-state index in [0.29, 0.717) is 13.0 Å². The molecule has 5 nitrogen and oxygen atoms in total. The van der Waals surface area contributed by atoms with Gasteiger partial charge in [-0.1, -0.05) is 39.5 Å². The maximum absolute atomic E-state index is 12.3. The van der Waals surface area contributed by atoms with Crippen molar-refractivity contribution in [3.05, 3.63) is 0 Å². The molecule has 1 amide bonds. The molecule has 0 aromatic carbocycles. The molecule has 0 aromatic heterocycles. The summed E-state index contributed by atoms with van der Waals surface area (Å²) in [4.78, 5) is 24.1. The van der Waals surface area contributed by atoms with E-state index in [1.807, 2.05) is 0 Å². The minimum Gasteiger partial charge on any atom is -0.393 e. The van der Waals surface area contributed by atoms with Crippen molar-refractivity contribution in [3.63, 3.8) is 0 Å². The Bertz CT molecular complexity index is 306. The van der Waals surface area contributed by atoms with Crippen molar-refractivity contribution < 1.29 is 14.7 Å². The first-order valence-corrected chi connectivity index (χ1v) is 8.72. The number of hydrogen-bond acceptors (Lipinski definition) is 4. The van der Waals surface area contributed by atoms with Crippen LogP contribution in [0, 0.1) is 0 Å². The van der Waals surface area contributed by atoms with Crippen LogP contribution in [-0.2, 0) is 9.59 Å². The SMILES string of the molecule is CCCCCCC(=O)[C@H](CNCCCC)NC(=O)C[C@H](C)O. The number of amides is 1. The lowest BCUT2D eigenvalue weighted by Crippen LogP contribution is -2.48. The fraction of sp³-hybridized carbons (Fsp3) is 0.882. The number of nitrogens with one attached hydrogen (secondary N) is 2. The highest BCUT2D eigenvalue weighted by atomic mass is 16.3. The number of carbonyl (C=O) groups is 2. The first-order valence-electron chi connectivity index (χ1n) is 8.72. The maximum Gasteiger partial charge on any atom is 0.223 e. The molecule has 22 heavy (non-hydrogen) atoms. The maximum atomic E-state index is 12.3. The van der Waals surface area contributed by atoms with Crippen LogP contribution in [0.15, 0.2) is 0 Å². The molecule has 0 bridgehead atoms. The molecule has 0 unspecified atom stereocenters. The van der Waals surface area contributed by atoms with Gasteiger partial charge in [-0.25, -0.2) is 0 Å². The molecule has 0 aliphatic carbocycles. The minimum absolute atomic E-state index is 0.0363. The summed E-state index contributed by atoms with van der Waals surface area (Å²) in [6.45, 7) is 7.14. The second kappa shape index (κ2) is 13.7. The number of Topliss-reactive ketones (excluding diaryl/α,β-unsaturated/α-hetero) is 1. The summed E-state index contributed by atoms with van der Waals surface area (Å²) < 4.78 is 0. The van der Waals surface area contributed by atoms with Gasteiger partial charge in [0.25, 0.3) is 0 Å². The molecule has 0 spiro atoms. The Morgan fingerprint density at radius 2 is 1.73 bits per heavy atom. The van der Waals surface area contributed by atoms with Gasteiger partial charge in [-0.3, -0.25) is 9.59 Å². The van der Waals surface area contributed by atoms with Crippen molar-refractivity contribution in [2.45, 2.75) is 84.3 Å². The van der Waals surface area contributed by atoms with Gasteiger partial charge in [-0.15, -0.1) is 0 Å². The first-order chi connectivity index (χ1) is 10.5. The fourth-order valence-corrected chi connectivity index (χ4v) is 2.22. The van der Waals surface area contributed by atoms with Crippen LogP contribution >= 0.6 is 0 Å². The lowest BCUT2D eigenvalue weighted by molar-refractivity contribution is -0.128. The number of ketones is 1. The van der Waals surface area contributed by atoms with Crippen molar-refractivity contribution in [2.75, 3.05) is 13.1 Å². The Balaban J connectivity index is 4.29. The van der Waals surface area contributed by atoms with E-state index in [0.717, 1.165) is 45.1 Å². The Hall–Kier alpha value is -0.940. The first kappa shape index (κ1) is 21.1. The number of carbonyl (C=O) groups excluding carboxylic acids is 2. The molecule has 130 valence electrons. The van der Waals surface area contributed by atoms with E-state index in [2.05, 4.69) is 24.5 Å². The highest BCUT2D eigenvalue weighted by molar-refractivity contribution is 5.89. The Morgan fingerprint density at radius 3 is 2.32 bits per heavy atom. The largest absolute Gasteiger partial charge is 0.393 e. The number of unbranched alkanes of at least 4 members (excludes halogenated alkanes) is 4. The summed E-state index contributed by atoms with van der Waals surface area (Å²) in [5, 5.41) is 15.2. The molecule has 0 fully saturated rings. The fourth-order valence-electron chi connectivity index (χ4n) is 2.22. The van der Waals surface area contributed by atoms with Gasteiger partial charge in [-0.05, 0) is 26.3 Å². The van der Waals surface area contributed by atoms with Crippen molar-refractivity contribution >= 4 is 11.7 Å². The summed E-state index contributed by atoms with van der Waals surface area (Å²) in [5.74, 6) is -0.182. The van der Waals surface area contributed by atoms with E-state index in [1.54, 1.807) is 6.92 Å². The second-order valence-electron chi connectivity index (χ2n) is 6.01. The van der Waals surface area contributed by atoms with Crippen LogP contribution in [0.5, 0.6) is 0 Å². The van der Waals surface area contributed by atoms with Gasteiger partial charge in [-0.2, -0.15) is 0 Å². The summed E-state index contributed by atoms with van der Waals surface area (Å²) in [6.07, 6.45) is 6.22. The lowest BCUT2D eigenvalue weighted by Gasteiger charge is -2.19. The second-order valence-corrected chi connectivity index (χ2v) is 6.01. The average molecular weight is 314 g/mol. The van der Waals surface area contributed by atoms with Crippen LogP contribution in [0.4, 0.5) is 0 Å². The molecular formula is C17H34N2O3. The quantitative estimate of drug-likeness (QED) is 0.429. The third-order valence-electron chi connectivity index (χ3n) is 3.54. The molecule has 0 rings (SSSR count). The van der Waals surface area contributed by atoms with Crippen LogP contribution in [0.3, 0.4) is 0 Å². The molecule has 0 saturated heterocycles. The van der Waals surface area contributed by atoms with Gasteiger partial charge in [0.05, 0.1) is 18.6 Å². The number of rotatable bonds is 14. The van der Waals surface area contributed by atoms with Crippen LogP contribution in [0.2, 0.25) is 0 Å². The predicted octanol–water partition coefficient (Wildman–Crippen LogP) is 2.17. The van der Waals surface area contributed by atoms with E-state index < -0.39 is 12.1 Å². The standard InChI is InChI=1S/C17H34N2O3/c1-4-6-8-9-10-16(21)15(13-18-11-7-5-2)19-17(22)12-14(3)20/h14-15,18,20H,4-13H2,1-3H3,(H,19,22)/t14-,15-/m0/s1. The average Bonchev–Trinajstić information content (AvgIpc) is 2.45. The van der Waals surface area contributed by atoms with E-state index in [4.69, 9.17) is 0 Å². The summed E-state index contributed by atoms with van der Waals surface area (Å²) >= 11 is 0. The molecule has 0 radical (unpaired) electrons. The zero-order valence-corrected chi connectivity index (χ0v) is 14.5. The molecular weight excluding hydrogens is 280 g/mol. The lowest BCUT2D eigenvalue weighted by atomic mass is 10.0. The zero-order valence-electron chi connectivity index (χ0n) is 14.5. The van der Waals surface area contributed by atoms with Crippen molar-refractivity contribution in [3.8, 4) is 0 Å². The van der Waals surface area contributed by atoms with Gasteiger partial charge >= 0.3 is 0 Å². The highest BCUT2D eigenvalue weighted by Gasteiger charge is 2.20. The molecule has 0 aromatic rings. The van der Waals surface area contributed by atoms with E-state index >= 15 is 0 Å². The summed E-state index contributed by atoms with van der Waals surface area (Å²) in [7, 11) is 0. The molecule has 2 atom stereocenters. The Kier molecular flexibility index (Phi) is 13.1. The molecule has 0 heterocycles. The van der Waals surface area contributed by atoms with E-state index in [1.165, 1.54) is 0 Å². The van der Waals surface area contributed by atoms with Crippen LogP contribution in [0.1, 0.15) is 72.1 Å². The summed E-state index contributed by atoms with van der Waals surface area (Å²) in [5.41, 5.74) is 0. The number of aliphatic hydroxyl groups excluding tert-OH is 1. The highest BCUT2D eigenvalue weighted by Crippen LogP contribution is 2.05. The Morgan fingerprint density at radius 1 is 1.05 bits per heavy atom. The van der Waals surface area contributed by atoms with Gasteiger partial charge in [0.1, 0.15) is 0 Å². The monoisotopic (exact) mass is 314 g/mol. The third kappa shape index (κ3) is 11.7. The molecule has 0 saturated carbocycles. The smallest absolute Gasteiger partial charge is 0.223 e. The zero-order chi connectivity index (χ0) is 16.8. The molecule has 0 aliphatic rings. The minimum atomic E-state index is -0.687. The van der Waals surface area contributed by atoms with Gasteiger partial charge in [0.2, 0.25) is 5.91 Å². The van der Waals surface area contributed by atoms with Crippen LogP contribution in [-0.4, -0.2) is 42.0 Å². The van der Waals surface area contributed by atoms with E-state index in [-0.39, 0.29) is 18.1 Å². The molecule has 5 heteroatoms. The predicted molar refractivity (Wildman–Crippen MR) is 89.8 cm³/mol. The van der Waals surface area contributed by atoms with Crippen molar-refractivity contribution in [1.29, 1.82) is 0 Å². The van der Waals surface area contributed by atoms with Gasteiger partial charge < -0.3 is 15.7 Å². The third-order valence-corrected chi connectivity index (χ3v) is 3.54. The van der Waals surface area contributed by atoms with Crippen molar-refractivity contribution in [2.24, 2.45) is 0 Å². The number of aliphatic hydroxyl groups is 1. The van der Waals surface area contributed by atoms with E-state index in [9.17, 15) is 14.7 Å². The number of hydrogen-bond donors (Lipinski definition) is 3.